The zero-order valence-electron chi connectivity index (χ0n) is 37.9. The van der Waals surface area contributed by atoms with Crippen molar-refractivity contribution in [3.63, 3.8) is 0 Å². The summed E-state index contributed by atoms with van der Waals surface area (Å²) in [6.07, 6.45) is 12.7. The van der Waals surface area contributed by atoms with Gasteiger partial charge in [-0.15, -0.1) is 0 Å². The summed E-state index contributed by atoms with van der Waals surface area (Å²) in [5, 5.41) is 20.1. The Morgan fingerprint density at radius 2 is 1.27 bits per heavy atom. The normalized spacial score (nSPS) is 14.1. The first-order valence-corrected chi connectivity index (χ1v) is 22.1. The number of H-pyrrole nitrogens is 3. The van der Waals surface area contributed by atoms with Crippen LogP contribution in [-0.4, -0.2) is 109 Å². The van der Waals surface area contributed by atoms with E-state index in [1.165, 1.54) is 32.7 Å². The molecule has 19 heteroatoms. The summed E-state index contributed by atoms with van der Waals surface area (Å²) in [6.45, 7) is 12.0. The van der Waals surface area contributed by atoms with Gasteiger partial charge in [0.25, 0.3) is 0 Å². The van der Waals surface area contributed by atoms with Crippen molar-refractivity contribution in [1.29, 1.82) is 0 Å². The van der Waals surface area contributed by atoms with Crippen LogP contribution in [0.25, 0.3) is 10.9 Å². The van der Waals surface area contributed by atoms with Crippen molar-refractivity contribution in [2.45, 2.75) is 136 Å². The van der Waals surface area contributed by atoms with Crippen molar-refractivity contribution in [2.24, 2.45) is 11.8 Å². The number of para-hydroxylation sites is 1. The standard InChI is InChI=1S/C45H66N12O7/c1-8-9-10-13-31(16-26(2)3)54-43(62)38(19-33-22-47-25-51-33)55-39(59)23-49-45(64)40(27(4)5)57-41(60)28(6)52-42(61)36(17-30-20-48-35-15-12-11-14-34(30)35)56-44(63)37(53-29(7)58)18-32-21-46-24-50-32/h11-12,14-15,20-22,24-28,31,36-38,40,48H,8-10,13,16-19,23H2,1-7H3,(H,46,50)(H,47,51)(H,49,64)(H,52,61)(H,53,58)(H,54,62)(H,55,59)(H,56,63)(H,57,60)/t28-,31+,36-,37-,38-,40-/m0/s1. The van der Waals surface area contributed by atoms with Gasteiger partial charge in [-0.05, 0) is 43.2 Å². The fraction of sp³-hybridized carbons (Fsp3) is 0.533. The molecule has 0 aliphatic rings. The van der Waals surface area contributed by atoms with Crippen molar-refractivity contribution in [2.75, 3.05) is 6.54 Å². The Labute approximate surface area is 374 Å². The van der Waals surface area contributed by atoms with Crippen LogP contribution in [0.5, 0.6) is 0 Å². The Bertz CT molecular complexity index is 2130. The summed E-state index contributed by atoms with van der Waals surface area (Å²) in [7, 11) is 0. The second-order valence-electron chi connectivity index (χ2n) is 17.1. The molecule has 64 heavy (non-hydrogen) atoms. The van der Waals surface area contributed by atoms with E-state index in [-0.39, 0.29) is 31.2 Å². The van der Waals surface area contributed by atoms with Crippen molar-refractivity contribution < 1.29 is 33.6 Å². The van der Waals surface area contributed by atoms with E-state index >= 15 is 0 Å². The SMILES string of the molecule is CCCCC[C@H](CC(C)C)NC(=O)[C@H](Cc1cnc[nH]1)NC(=O)CNC(=O)[C@@H](NC(=O)[C@H](C)NC(=O)[C@H](Cc1c[nH]c2ccccc12)NC(=O)[C@H](Cc1cnc[nH]1)NC(C)=O)C(C)C. The second kappa shape index (κ2) is 24.9. The summed E-state index contributed by atoms with van der Waals surface area (Å²) in [5.41, 5.74) is 2.78. The molecule has 0 fully saturated rings. The molecule has 4 aromatic rings. The molecule has 0 aliphatic heterocycles. The first-order valence-electron chi connectivity index (χ1n) is 22.1. The van der Waals surface area contributed by atoms with Crippen LogP contribution in [0, 0.1) is 11.8 Å². The van der Waals surface area contributed by atoms with E-state index in [4.69, 9.17) is 0 Å². The summed E-state index contributed by atoms with van der Waals surface area (Å²) in [6, 6.07) is 1.93. The molecular formula is C45H66N12O7. The number of amides is 7. The second-order valence-corrected chi connectivity index (χ2v) is 17.1. The lowest BCUT2D eigenvalue weighted by atomic mass is 9.98. The lowest BCUT2D eigenvalue weighted by Crippen LogP contribution is -2.59. The van der Waals surface area contributed by atoms with E-state index in [0.29, 0.717) is 17.3 Å². The van der Waals surface area contributed by atoms with E-state index in [0.717, 1.165) is 48.6 Å². The third kappa shape index (κ3) is 16.0. The van der Waals surface area contributed by atoms with Gasteiger partial charge in [-0.1, -0.05) is 72.1 Å². The molecule has 0 saturated heterocycles. The molecule has 0 saturated carbocycles. The van der Waals surface area contributed by atoms with Gasteiger partial charge in [0.1, 0.15) is 30.2 Å². The number of aromatic nitrogens is 5. The van der Waals surface area contributed by atoms with Gasteiger partial charge in [-0.2, -0.15) is 0 Å². The highest BCUT2D eigenvalue weighted by atomic mass is 16.2. The maximum absolute atomic E-state index is 14.0. The quantitative estimate of drug-likeness (QED) is 0.0413. The lowest BCUT2D eigenvalue weighted by Gasteiger charge is -2.26. The Morgan fingerprint density at radius 1 is 0.656 bits per heavy atom. The Hall–Kier alpha value is -6.53. The van der Waals surface area contributed by atoms with Crippen LogP contribution in [0.3, 0.4) is 0 Å². The maximum Gasteiger partial charge on any atom is 0.243 e. The number of aromatic amines is 3. The molecule has 1 aromatic carbocycles. The zero-order chi connectivity index (χ0) is 46.8. The van der Waals surface area contributed by atoms with Gasteiger partial charge in [-0.25, -0.2) is 9.97 Å². The number of hydrogen-bond acceptors (Lipinski definition) is 9. The van der Waals surface area contributed by atoms with Gasteiger partial charge >= 0.3 is 0 Å². The molecule has 0 bridgehead atoms. The summed E-state index contributed by atoms with van der Waals surface area (Å²) in [4.78, 5) is 111. The maximum atomic E-state index is 14.0. The number of nitrogens with one attached hydrogen (secondary N) is 10. The molecule has 0 unspecified atom stereocenters. The third-order valence-corrected chi connectivity index (χ3v) is 10.7. The average Bonchev–Trinajstić information content (AvgIpc) is 4.04. The number of nitrogens with zero attached hydrogens (tertiary/aromatic N) is 2. The van der Waals surface area contributed by atoms with Crippen LogP contribution >= 0.6 is 0 Å². The molecule has 3 heterocycles. The molecule has 0 radical (unpaired) electrons. The first kappa shape index (κ1) is 50.1. The van der Waals surface area contributed by atoms with Crippen molar-refractivity contribution >= 4 is 52.3 Å². The van der Waals surface area contributed by atoms with Crippen molar-refractivity contribution in [3.05, 3.63) is 72.5 Å². The minimum Gasteiger partial charge on any atom is -0.361 e. The Balaban J connectivity index is 1.40. The van der Waals surface area contributed by atoms with E-state index in [2.05, 4.69) is 82.9 Å². The average molecular weight is 887 g/mol. The molecule has 3 aromatic heterocycles. The number of carbonyl (C=O) groups excluding carboxylic acids is 7. The Kier molecular flexibility index (Phi) is 19.5. The van der Waals surface area contributed by atoms with E-state index in [1.54, 1.807) is 26.2 Å². The van der Waals surface area contributed by atoms with Crippen LogP contribution in [0.2, 0.25) is 0 Å². The predicted molar refractivity (Wildman–Crippen MR) is 241 cm³/mol. The number of fused-ring (bicyclic) bond motifs is 1. The number of hydrogen-bond donors (Lipinski definition) is 10. The molecule has 7 amide bonds. The Morgan fingerprint density at radius 3 is 1.86 bits per heavy atom. The first-order chi connectivity index (χ1) is 30.5. The molecule has 0 aliphatic carbocycles. The van der Waals surface area contributed by atoms with Gasteiger partial charge in [0.05, 0.1) is 19.2 Å². The molecule has 0 spiro atoms. The van der Waals surface area contributed by atoms with Crippen LogP contribution in [-0.2, 0) is 52.8 Å². The highest BCUT2D eigenvalue weighted by molar-refractivity contribution is 5.97. The monoisotopic (exact) mass is 887 g/mol. The van der Waals surface area contributed by atoms with E-state index in [9.17, 15) is 33.6 Å². The molecule has 348 valence electrons. The minimum atomic E-state index is -1.19. The van der Waals surface area contributed by atoms with E-state index < -0.39 is 78.1 Å². The fourth-order valence-electron chi connectivity index (χ4n) is 7.37. The highest BCUT2D eigenvalue weighted by Crippen LogP contribution is 2.20. The number of unbranched alkanes of at least 4 members (excludes halogenated alkanes) is 2. The molecule has 10 N–H and O–H groups in total. The largest absolute Gasteiger partial charge is 0.361 e. The zero-order valence-corrected chi connectivity index (χ0v) is 37.9. The number of imidazole rings is 2. The van der Waals surface area contributed by atoms with Gasteiger partial charge in [0, 0.05) is 73.1 Å². The number of carbonyl (C=O) groups is 7. The number of rotatable bonds is 26. The highest BCUT2D eigenvalue weighted by Gasteiger charge is 2.32. The van der Waals surface area contributed by atoms with Gasteiger partial charge < -0.3 is 52.2 Å². The van der Waals surface area contributed by atoms with Gasteiger partial charge in [-0.3, -0.25) is 33.6 Å². The summed E-state index contributed by atoms with van der Waals surface area (Å²) >= 11 is 0. The fourth-order valence-corrected chi connectivity index (χ4v) is 7.37. The smallest absolute Gasteiger partial charge is 0.243 e. The molecular weight excluding hydrogens is 821 g/mol. The van der Waals surface area contributed by atoms with Crippen LogP contribution in [0.15, 0.2) is 55.5 Å². The summed E-state index contributed by atoms with van der Waals surface area (Å²) in [5.74, 6) is -4.14. The van der Waals surface area contributed by atoms with Crippen LogP contribution in [0.4, 0.5) is 0 Å². The predicted octanol–water partition coefficient (Wildman–Crippen LogP) is 1.99. The minimum absolute atomic E-state index is 0.0355. The van der Waals surface area contributed by atoms with Crippen molar-refractivity contribution in [3.8, 4) is 0 Å². The van der Waals surface area contributed by atoms with Crippen molar-refractivity contribution in [1.82, 2.24) is 62.1 Å². The topological polar surface area (TPSA) is 277 Å². The third-order valence-electron chi connectivity index (χ3n) is 10.7. The summed E-state index contributed by atoms with van der Waals surface area (Å²) < 4.78 is 0. The lowest BCUT2D eigenvalue weighted by molar-refractivity contribution is -0.135. The molecule has 19 nitrogen and oxygen atoms in total. The van der Waals surface area contributed by atoms with E-state index in [1.807, 2.05) is 24.3 Å². The van der Waals surface area contributed by atoms with Gasteiger partial charge in [0.2, 0.25) is 41.4 Å². The van der Waals surface area contributed by atoms with Crippen LogP contribution in [0.1, 0.15) is 97.5 Å². The molecule has 6 atom stereocenters. The van der Waals surface area contributed by atoms with Crippen LogP contribution < -0.4 is 37.2 Å². The molecule has 4 rings (SSSR count). The van der Waals surface area contributed by atoms with Gasteiger partial charge in [0.15, 0.2) is 0 Å². The number of benzene rings is 1.